The highest BCUT2D eigenvalue weighted by Gasteiger charge is 2.35. The monoisotopic (exact) mass is 355 g/mol. The summed E-state index contributed by atoms with van der Waals surface area (Å²) in [6.45, 7) is 3.00. The van der Waals surface area contributed by atoms with Crippen LogP contribution in [0.25, 0.3) is 10.1 Å². The average Bonchev–Trinajstić information content (AvgIpc) is 2.99. The topological polar surface area (TPSA) is 45.2 Å². The summed E-state index contributed by atoms with van der Waals surface area (Å²) in [6.07, 6.45) is -0.872. The molecule has 1 atom stereocenters. The van der Waals surface area contributed by atoms with Crippen LogP contribution in [0.5, 0.6) is 0 Å². The minimum atomic E-state index is -4.37. The van der Waals surface area contributed by atoms with E-state index in [0.29, 0.717) is 27.3 Å². The third-order valence-electron chi connectivity index (χ3n) is 4.89. The van der Waals surface area contributed by atoms with Crippen molar-refractivity contribution in [1.82, 2.24) is 15.2 Å². The highest BCUT2D eigenvalue weighted by molar-refractivity contribution is 7.19. The second kappa shape index (κ2) is 5.70. The van der Waals surface area contributed by atoms with E-state index in [9.17, 15) is 18.0 Å². The van der Waals surface area contributed by atoms with Crippen LogP contribution in [0.1, 0.15) is 28.2 Å². The Balaban J connectivity index is 1.54. The molecule has 2 aromatic heterocycles. The molecule has 2 aromatic rings. The number of hydrogen-bond donors (Lipinski definition) is 1. The van der Waals surface area contributed by atoms with Crippen molar-refractivity contribution < 1.29 is 18.0 Å². The van der Waals surface area contributed by atoms with E-state index in [1.54, 1.807) is 0 Å². The maximum Gasteiger partial charge on any atom is 0.425 e. The van der Waals surface area contributed by atoms with Crippen LogP contribution in [0.4, 0.5) is 13.2 Å². The van der Waals surface area contributed by atoms with Gasteiger partial charge in [-0.2, -0.15) is 13.2 Å². The summed E-state index contributed by atoms with van der Waals surface area (Å²) < 4.78 is 38.8. The normalized spacial score (nSPS) is 26.7. The van der Waals surface area contributed by atoms with E-state index in [-0.39, 0.29) is 17.6 Å². The maximum atomic E-state index is 12.8. The number of amides is 1. The molecule has 1 amide bonds. The van der Waals surface area contributed by atoms with Gasteiger partial charge in [-0.05, 0) is 44.0 Å². The number of pyridine rings is 1. The van der Waals surface area contributed by atoms with Crippen molar-refractivity contribution in [3.8, 4) is 0 Å². The van der Waals surface area contributed by atoms with E-state index >= 15 is 0 Å². The fourth-order valence-electron chi connectivity index (χ4n) is 3.57. The van der Waals surface area contributed by atoms with E-state index in [0.717, 1.165) is 38.5 Å². The van der Waals surface area contributed by atoms with E-state index in [2.05, 4.69) is 15.2 Å². The Morgan fingerprint density at radius 2 is 2.04 bits per heavy atom. The number of fused-ring (bicyclic) bond motifs is 4. The van der Waals surface area contributed by atoms with Crippen LogP contribution in [-0.4, -0.2) is 41.5 Å². The van der Waals surface area contributed by atoms with Crippen molar-refractivity contribution in [2.24, 2.45) is 5.92 Å². The molecule has 5 heterocycles. The lowest BCUT2D eigenvalue weighted by Gasteiger charge is -2.44. The smallest absolute Gasteiger partial charge is 0.346 e. The number of hydrogen-bond acceptors (Lipinski definition) is 4. The third kappa shape index (κ3) is 2.88. The third-order valence-corrected chi connectivity index (χ3v) is 6.03. The van der Waals surface area contributed by atoms with Gasteiger partial charge in [0.25, 0.3) is 5.91 Å². The van der Waals surface area contributed by atoms with Crippen molar-refractivity contribution in [2.45, 2.75) is 25.1 Å². The molecule has 3 aliphatic rings. The number of carbonyl (C=O) groups excluding carboxylic acids is 1. The average molecular weight is 355 g/mol. The molecule has 0 unspecified atom stereocenters. The summed E-state index contributed by atoms with van der Waals surface area (Å²) in [5, 5.41) is 3.42. The quantitative estimate of drug-likeness (QED) is 0.900. The second-order valence-electron chi connectivity index (χ2n) is 6.43. The Hall–Kier alpha value is -1.67. The lowest BCUT2D eigenvalue weighted by Crippen LogP contribution is -2.57. The molecule has 0 aromatic carbocycles. The van der Waals surface area contributed by atoms with Crippen LogP contribution in [0.2, 0.25) is 0 Å². The van der Waals surface area contributed by atoms with Crippen LogP contribution >= 0.6 is 11.3 Å². The van der Waals surface area contributed by atoms with Gasteiger partial charge in [0.1, 0.15) is 10.6 Å². The van der Waals surface area contributed by atoms with Gasteiger partial charge in [0, 0.05) is 28.9 Å². The Labute approximate surface area is 140 Å². The number of alkyl halides is 3. The van der Waals surface area contributed by atoms with Crippen LogP contribution in [0.3, 0.4) is 0 Å². The predicted octanol–water partition coefficient (Wildman–Crippen LogP) is 3.14. The number of carbonyl (C=O) groups is 1. The highest BCUT2D eigenvalue weighted by atomic mass is 32.1. The van der Waals surface area contributed by atoms with Crippen LogP contribution in [0.15, 0.2) is 18.3 Å². The lowest BCUT2D eigenvalue weighted by atomic mass is 9.84. The number of rotatable bonds is 2. The standard InChI is InChI=1S/C16H16F3N3OS/c17-16(18,19)14-5-10-7-20-11(6-13(10)24-14)15(23)21-12-8-22-3-1-9(12)2-4-22/h5-7,9,12H,1-4,8H2,(H,21,23)/t12-/m0/s1. The lowest BCUT2D eigenvalue weighted by molar-refractivity contribution is -0.134. The number of aromatic nitrogens is 1. The number of piperidine rings is 3. The Morgan fingerprint density at radius 3 is 2.67 bits per heavy atom. The summed E-state index contributed by atoms with van der Waals surface area (Å²) >= 11 is 0.641. The predicted molar refractivity (Wildman–Crippen MR) is 85.0 cm³/mol. The molecule has 0 saturated carbocycles. The van der Waals surface area contributed by atoms with Crippen LogP contribution in [-0.2, 0) is 6.18 Å². The Kier molecular flexibility index (Phi) is 3.76. The fraction of sp³-hybridized carbons (Fsp3) is 0.500. The molecule has 2 bridgehead atoms. The minimum Gasteiger partial charge on any atom is -0.346 e. The largest absolute Gasteiger partial charge is 0.425 e. The summed E-state index contributed by atoms with van der Waals surface area (Å²) in [7, 11) is 0. The molecular formula is C16H16F3N3OS. The Morgan fingerprint density at radius 1 is 1.29 bits per heavy atom. The number of thiophene rings is 1. The van der Waals surface area contributed by atoms with Gasteiger partial charge < -0.3 is 10.2 Å². The molecule has 0 spiro atoms. The van der Waals surface area contributed by atoms with E-state index < -0.39 is 11.1 Å². The summed E-state index contributed by atoms with van der Waals surface area (Å²) in [6, 6.07) is 2.63. The molecule has 3 aliphatic heterocycles. The molecule has 3 fully saturated rings. The highest BCUT2D eigenvalue weighted by Crippen LogP contribution is 2.38. The molecular weight excluding hydrogens is 339 g/mol. The molecule has 4 nitrogen and oxygen atoms in total. The van der Waals surface area contributed by atoms with Gasteiger partial charge in [0.05, 0.1) is 0 Å². The van der Waals surface area contributed by atoms with Crippen LogP contribution in [0, 0.1) is 5.92 Å². The fourth-order valence-corrected chi connectivity index (χ4v) is 4.51. The molecule has 0 radical (unpaired) electrons. The van der Waals surface area contributed by atoms with E-state index in [1.807, 2.05) is 0 Å². The van der Waals surface area contributed by atoms with Gasteiger partial charge in [0.2, 0.25) is 0 Å². The zero-order valence-electron chi connectivity index (χ0n) is 12.8. The zero-order chi connectivity index (χ0) is 16.9. The molecule has 1 N–H and O–H groups in total. The van der Waals surface area contributed by atoms with Crippen molar-refractivity contribution in [3.63, 3.8) is 0 Å². The first kappa shape index (κ1) is 15.8. The number of nitrogens with one attached hydrogen (secondary N) is 1. The van der Waals surface area contributed by atoms with Crippen molar-refractivity contribution in [1.29, 1.82) is 0 Å². The molecule has 3 saturated heterocycles. The number of nitrogens with zero attached hydrogens (tertiary/aromatic N) is 2. The molecule has 5 rings (SSSR count). The molecule has 128 valence electrons. The second-order valence-corrected chi connectivity index (χ2v) is 7.52. The van der Waals surface area contributed by atoms with E-state index in [4.69, 9.17) is 0 Å². The molecule has 8 heteroatoms. The van der Waals surface area contributed by atoms with Crippen molar-refractivity contribution in [3.05, 3.63) is 28.9 Å². The first-order valence-corrected chi connectivity index (χ1v) is 8.72. The zero-order valence-corrected chi connectivity index (χ0v) is 13.6. The minimum absolute atomic E-state index is 0.103. The van der Waals surface area contributed by atoms with Gasteiger partial charge in [0.15, 0.2) is 0 Å². The summed E-state index contributed by atoms with van der Waals surface area (Å²) in [5.74, 6) is 0.179. The van der Waals surface area contributed by atoms with Crippen LogP contribution < -0.4 is 5.32 Å². The van der Waals surface area contributed by atoms with Gasteiger partial charge in [-0.25, -0.2) is 0 Å². The van der Waals surface area contributed by atoms with Gasteiger partial charge >= 0.3 is 6.18 Å². The van der Waals surface area contributed by atoms with Gasteiger partial charge in [-0.1, -0.05) is 0 Å². The SMILES string of the molecule is O=C(N[C@H]1CN2CCC1CC2)c1cc2sc(C(F)(F)F)cc2cn1. The van der Waals surface area contributed by atoms with Gasteiger partial charge in [-0.3, -0.25) is 9.78 Å². The Bertz CT molecular complexity index is 780. The summed E-state index contributed by atoms with van der Waals surface area (Å²) in [5.41, 5.74) is 0.175. The van der Waals surface area contributed by atoms with Gasteiger partial charge in [-0.15, -0.1) is 11.3 Å². The first-order valence-electron chi connectivity index (χ1n) is 7.90. The van der Waals surface area contributed by atoms with Crippen molar-refractivity contribution in [2.75, 3.05) is 19.6 Å². The first-order chi connectivity index (χ1) is 11.4. The van der Waals surface area contributed by atoms with Crippen molar-refractivity contribution >= 4 is 27.3 Å². The number of halogens is 3. The maximum absolute atomic E-state index is 12.8. The molecule has 0 aliphatic carbocycles. The van der Waals surface area contributed by atoms with E-state index in [1.165, 1.54) is 12.3 Å². The summed E-state index contributed by atoms with van der Waals surface area (Å²) in [4.78, 5) is 18.1. The molecule has 24 heavy (non-hydrogen) atoms.